The van der Waals surface area contributed by atoms with Crippen LogP contribution >= 0.6 is 11.8 Å². The molecule has 1 aromatic rings. The first kappa shape index (κ1) is 17.8. The van der Waals surface area contributed by atoms with Crippen LogP contribution in [-0.4, -0.2) is 46.2 Å². The smallest absolute Gasteiger partial charge is 0.329 e. The first-order valence-corrected chi connectivity index (χ1v) is 9.57. The Hall–Kier alpha value is -1.54. The van der Waals surface area contributed by atoms with Crippen molar-refractivity contribution in [1.29, 1.82) is 0 Å². The Morgan fingerprint density at radius 3 is 2.57 bits per heavy atom. The van der Waals surface area contributed by atoms with Crippen LogP contribution in [0.25, 0.3) is 0 Å². The lowest BCUT2D eigenvalue weighted by Crippen LogP contribution is -2.34. The molecule has 1 aliphatic rings. The first-order valence-electron chi connectivity index (χ1n) is 7.10. The zero-order valence-corrected chi connectivity index (χ0v) is 14.7. The Morgan fingerprint density at radius 1 is 1.39 bits per heavy atom. The summed E-state index contributed by atoms with van der Waals surface area (Å²) in [6.07, 6.45) is 0.205. The number of rotatable bonds is 5. The van der Waals surface area contributed by atoms with E-state index < -0.39 is 26.6 Å². The highest BCUT2D eigenvalue weighted by Crippen LogP contribution is 2.39. The van der Waals surface area contributed by atoms with Crippen molar-refractivity contribution in [3.8, 4) is 5.75 Å². The van der Waals surface area contributed by atoms with Gasteiger partial charge in [-0.25, -0.2) is 13.2 Å². The molecule has 0 unspecified atom stereocenters. The molecule has 1 aromatic carbocycles. The lowest BCUT2D eigenvalue weighted by molar-refractivity contribution is -0.138. The largest absolute Gasteiger partial charge is 0.508 e. The maximum Gasteiger partial charge on any atom is 0.329 e. The maximum absolute atomic E-state index is 12.0. The molecule has 2 N–H and O–H groups in total. The molecule has 2 rings (SSSR count). The minimum atomic E-state index is -3.37. The molecule has 0 aliphatic carbocycles. The first-order chi connectivity index (χ1) is 10.6. The Balaban J connectivity index is 2.33. The molecule has 0 saturated heterocycles. The van der Waals surface area contributed by atoms with Crippen LogP contribution < -0.4 is 0 Å². The van der Waals surface area contributed by atoms with Crippen LogP contribution in [0.4, 0.5) is 0 Å². The zero-order valence-electron chi connectivity index (χ0n) is 13.1. The molecule has 6 nitrogen and oxygen atoms in total. The number of aliphatic imine (C=N–C) groups is 1. The summed E-state index contributed by atoms with van der Waals surface area (Å²) in [4.78, 5) is 15.6. The predicted octanol–water partition coefficient (Wildman–Crippen LogP) is 2.11. The van der Waals surface area contributed by atoms with Gasteiger partial charge in [-0.2, -0.15) is 0 Å². The van der Waals surface area contributed by atoms with Crippen molar-refractivity contribution < 1.29 is 23.4 Å². The molecule has 0 amide bonds. The van der Waals surface area contributed by atoms with Crippen LogP contribution in [0.15, 0.2) is 28.1 Å². The van der Waals surface area contributed by atoms with Crippen LogP contribution in [0.2, 0.25) is 0 Å². The van der Waals surface area contributed by atoms with Crippen LogP contribution in [-0.2, 0) is 21.1 Å². The summed E-state index contributed by atoms with van der Waals surface area (Å²) in [6.45, 7) is 5.15. The zero-order chi connectivity index (χ0) is 17.4. The van der Waals surface area contributed by atoms with E-state index in [1.807, 2.05) is 0 Å². The van der Waals surface area contributed by atoms with E-state index in [2.05, 4.69) is 4.99 Å². The number of phenols is 1. The van der Waals surface area contributed by atoms with Crippen molar-refractivity contribution in [2.24, 2.45) is 4.99 Å². The molecule has 0 radical (unpaired) electrons. The highest BCUT2D eigenvalue weighted by atomic mass is 32.2. The molecule has 0 bridgehead atoms. The fourth-order valence-corrected chi connectivity index (χ4v) is 4.53. The predicted molar refractivity (Wildman–Crippen MR) is 90.1 cm³/mol. The number of sulfone groups is 1. The third kappa shape index (κ3) is 3.69. The number of thioether (sulfide) groups is 1. The molecule has 1 aliphatic heterocycles. The minimum absolute atomic E-state index is 0.0268. The third-order valence-corrected chi connectivity index (χ3v) is 6.65. The fourth-order valence-electron chi connectivity index (χ4n) is 2.35. The Morgan fingerprint density at radius 2 is 2.04 bits per heavy atom. The van der Waals surface area contributed by atoms with Crippen molar-refractivity contribution in [2.75, 3.05) is 5.75 Å². The summed E-state index contributed by atoms with van der Waals surface area (Å²) in [5.41, 5.74) is 0.424. The standard InChI is InChI=1S/C15H19NO5S2/c1-4-23(20,21)10-5-6-11(17)9(7-10)8-12-16-13(14(18)19)15(2,3)22-12/h5-7,13,17H,4,8H2,1-3H3,(H,18,19)/t13-/m0/s1. The SMILES string of the molecule is CCS(=O)(=O)c1ccc(O)c(CC2=N[C@@H](C(=O)O)C(C)(C)S2)c1. The van der Waals surface area contributed by atoms with E-state index in [0.29, 0.717) is 10.6 Å². The van der Waals surface area contributed by atoms with Crippen molar-refractivity contribution in [1.82, 2.24) is 0 Å². The fraction of sp³-hybridized carbons (Fsp3) is 0.467. The number of hydrogen-bond donors (Lipinski definition) is 2. The summed E-state index contributed by atoms with van der Waals surface area (Å²) >= 11 is 1.34. The van der Waals surface area contributed by atoms with Crippen LogP contribution in [0.5, 0.6) is 5.75 Å². The Labute approximate surface area is 139 Å². The van der Waals surface area contributed by atoms with Crippen molar-refractivity contribution in [3.63, 3.8) is 0 Å². The van der Waals surface area contributed by atoms with Gasteiger partial charge in [0.15, 0.2) is 15.9 Å². The molecule has 0 aromatic heterocycles. The summed E-state index contributed by atoms with van der Waals surface area (Å²) in [5, 5.41) is 19.8. The second kappa shape index (κ2) is 6.16. The third-order valence-electron chi connectivity index (χ3n) is 3.68. The minimum Gasteiger partial charge on any atom is -0.508 e. The van der Waals surface area contributed by atoms with E-state index in [1.54, 1.807) is 20.8 Å². The van der Waals surface area contributed by atoms with Gasteiger partial charge in [-0.3, -0.25) is 4.99 Å². The van der Waals surface area contributed by atoms with E-state index in [0.717, 1.165) is 0 Å². The van der Waals surface area contributed by atoms with Crippen molar-refractivity contribution >= 4 is 32.6 Å². The van der Waals surface area contributed by atoms with E-state index in [9.17, 15) is 23.4 Å². The molecular formula is C15H19NO5S2. The average molecular weight is 357 g/mol. The number of carboxylic acid groups (broad SMARTS) is 1. The van der Waals surface area contributed by atoms with E-state index in [4.69, 9.17) is 0 Å². The van der Waals surface area contributed by atoms with Gasteiger partial charge < -0.3 is 10.2 Å². The lowest BCUT2D eigenvalue weighted by Gasteiger charge is -2.20. The summed E-state index contributed by atoms with van der Waals surface area (Å²) in [7, 11) is -3.37. The van der Waals surface area contributed by atoms with Gasteiger partial charge in [-0.15, -0.1) is 11.8 Å². The van der Waals surface area contributed by atoms with Crippen molar-refractivity contribution in [3.05, 3.63) is 23.8 Å². The quantitative estimate of drug-likeness (QED) is 0.836. The van der Waals surface area contributed by atoms with E-state index >= 15 is 0 Å². The van der Waals surface area contributed by atoms with Gasteiger partial charge in [0.05, 0.1) is 15.7 Å². The normalized spacial score (nSPS) is 20.3. The molecule has 126 valence electrons. The molecule has 0 spiro atoms. The van der Waals surface area contributed by atoms with E-state index in [-0.39, 0.29) is 22.8 Å². The second-order valence-corrected chi connectivity index (χ2v) is 9.85. The maximum atomic E-state index is 12.0. The van der Waals surface area contributed by atoms with Crippen LogP contribution in [0, 0.1) is 0 Å². The Bertz CT molecular complexity index is 768. The highest BCUT2D eigenvalue weighted by molar-refractivity contribution is 8.15. The number of hydrogen-bond acceptors (Lipinski definition) is 6. The number of nitrogens with zero attached hydrogens (tertiary/aromatic N) is 1. The average Bonchev–Trinajstić information content (AvgIpc) is 2.76. The van der Waals surface area contributed by atoms with E-state index in [1.165, 1.54) is 30.0 Å². The topological polar surface area (TPSA) is 104 Å². The van der Waals surface area contributed by atoms with Gasteiger partial charge in [0.2, 0.25) is 0 Å². The second-order valence-electron chi connectivity index (χ2n) is 5.84. The molecule has 1 atom stereocenters. The van der Waals surface area contributed by atoms with Crippen molar-refractivity contribution in [2.45, 2.75) is 42.9 Å². The van der Waals surface area contributed by atoms with Gasteiger partial charge >= 0.3 is 5.97 Å². The number of carbonyl (C=O) groups is 1. The number of aliphatic carboxylic acids is 1. The molecule has 1 heterocycles. The number of carboxylic acids is 1. The van der Waals surface area contributed by atoms with Crippen LogP contribution in [0.3, 0.4) is 0 Å². The summed E-state index contributed by atoms with van der Waals surface area (Å²) in [6, 6.07) is 3.29. The monoisotopic (exact) mass is 357 g/mol. The van der Waals surface area contributed by atoms with Gasteiger partial charge in [-0.1, -0.05) is 6.92 Å². The molecular weight excluding hydrogens is 338 g/mol. The number of aromatic hydroxyl groups is 1. The van der Waals surface area contributed by atoms with Gasteiger partial charge in [-0.05, 0) is 32.0 Å². The van der Waals surface area contributed by atoms with Crippen LogP contribution in [0.1, 0.15) is 26.3 Å². The number of phenolic OH excluding ortho intramolecular Hbond substituents is 1. The van der Waals surface area contributed by atoms with Gasteiger partial charge in [0.25, 0.3) is 0 Å². The highest BCUT2D eigenvalue weighted by Gasteiger charge is 2.42. The molecule has 23 heavy (non-hydrogen) atoms. The molecule has 0 saturated carbocycles. The summed E-state index contributed by atoms with van der Waals surface area (Å²) in [5.74, 6) is -1.05. The van der Waals surface area contributed by atoms with Gasteiger partial charge in [0.1, 0.15) is 5.75 Å². The number of benzene rings is 1. The molecule has 0 fully saturated rings. The Kier molecular flexibility index (Phi) is 4.77. The van der Waals surface area contributed by atoms with Gasteiger partial charge in [0, 0.05) is 16.7 Å². The lowest BCUT2D eigenvalue weighted by atomic mass is 10.0. The summed E-state index contributed by atoms with van der Waals surface area (Å²) < 4.78 is 23.3. The molecule has 8 heteroatoms.